The Morgan fingerprint density at radius 2 is 1.86 bits per heavy atom. The minimum absolute atomic E-state index is 0.283. The highest BCUT2D eigenvalue weighted by Crippen LogP contribution is 2.36. The lowest BCUT2D eigenvalue weighted by Crippen LogP contribution is -2.20. The molecule has 0 radical (unpaired) electrons. The van der Waals surface area contributed by atoms with Gasteiger partial charge in [-0.1, -0.05) is 36.4 Å². The third-order valence-electron chi connectivity index (χ3n) is 5.82. The molecular weight excluding hydrogens is 358 g/mol. The van der Waals surface area contributed by atoms with Crippen LogP contribution < -0.4 is 11.1 Å². The van der Waals surface area contributed by atoms with Gasteiger partial charge in [-0.2, -0.15) is 0 Å². The predicted molar refractivity (Wildman–Crippen MR) is 119 cm³/mol. The molecule has 0 saturated heterocycles. The van der Waals surface area contributed by atoms with Crippen molar-refractivity contribution in [2.75, 3.05) is 6.54 Å². The van der Waals surface area contributed by atoms with Gasteiger partial charge in [0.1, 0.15) is 0 Å². The summed E-state index contributed by atoms with van der Waals surface area (Å²) in [5, 5.41) is 4.95. The van der Waals surface area contributed by atoms with Crippen molar-refractivity contribution in [2.45, 2.75) is 38.5 Å². The number of primary amides is 1. The number of amides is 1. The average molecular weight is 388 g/mol. The minimum atomic E-state index is -0.290. The van der Waals surface area contributed by atoms with Crippen molar-refractivity contribution in [3.05, 3.63) is 77.1 Å². The van der Waals surface area contributed by atoms with Gasteiger partial charge in [0.15, 0.2) is 0 Å². The number of allylic oxidation sites excluding steroid dienone is 2. The molecule has 1 aliphatic carbocycles. The van der Waals surface area contributed by atoms with Crippen LogP contribution in [0.5, 0.6) is 0 Å². The van der Waals surface area contributed by atoms with Gasteiger partial charge >= 0.3 is 0 Å². The van der Waals surface area contributed by atoms with E-state index < -0.39 is 0 Å². The van der Waals surface area contributed by atoms with E-state index in [1.807, 2.05) is 6.07 Å². The van der Waals surface area contributed by atoms with Crippen LogP contribution >= 0.6 is 0 Å². The maximum atomic E-state index is 11.4. The molecule has 1 aliphatic rings. The van der Waals surface area contributed by atoms with Crippen LogP contribution in [-0.2, 0) is 24.7 Å². The van der Waals surface area contributed by atoms with Crippen LogP contribution in [0.15, 0.2) is 60.4 Å². The summed E-state index contributed by atoms with van der Waals surface area (Å²) in [7, 11) is 2.09. The van der Waals surface area contributed by atoms with Crippen LogP contribution in [0.25, 0.3) is 16.5 Å². The van der Waals surface area contributed by atoms with E-state index in [1.54, 1.807) is 0 Å². The van der Waals surface area contributed by atoms with Gasteiger partial charge in [-0.05, 0) is 60.9 Å². The summed E-state index contributed by atoms with van der Waals surface area (Å²) in [5.41, 5.74) is 13.0. The Morgan fingerprint density at radius 1 is 1.07 bits per heavy atom. The monoisotopic (exact) mass is 387 g/mol. The van der Waals surface area contributed by atoms with E-state index in [0.717, 1.165) is 31.4 Å². The Balaban J connectivity index is 1.64. The fourth-order valence-electron chi connectivity index (χ4n) is 4.39. The standard InChI is InChI=1S/C25H29N3O/c1-28-17-22(21-15-19(16-25(26)29)11-12-24(21)28)20-9-5-6-10-23(20)27-14-13-18-7-3-2-4-8-18/h2-4,7-8,11-12,15,17,27H,5-6,9-10,13-14,16H2,1H3,(H2,26,29). The second-order valence-electron chi connectivity index (χ2n) is 7.97. The molecule has 3 N–H and O–H groups in total. The van der Waals surface area contributed by atoms with E-state index in [-0.39, 0.29) is 12.3 Å². The highest BCUT2D eigenvalue weighted by atomic mass is 16.1. The molecule has 3 aromatic rings. The number of aromatic nitrogens is 1. The van der Waals surface area contributed by atoms with Crippen LogP contribution in [0.3, 0.4) is 0 Å². The normalized spacial score (nSPS) is 14.4. The number of carbonyl (C=O) groups is 1. The Morgan fingerprint density at radius 3 is 2.66 bits per heavy atom. The van der Waals surface area contributed by atoms with Gasteiger partial charge in [0.05, 0.1) is 6.42 Å². The highest BCUT2D eigenvalue weighted by molar-refractivity contribution is 5.95. The van der Waals surface area contributed by atoms with Crippen LogP contribution in [-0.4, -0.2) is 17.0 Å². The summed E-state index contributed by atoms with van der Waals surface area (Å²) < 4.78 is 2.18. The molecule has 4 nitrogen and oxygen atoms in total. The van der Waals surface area contributed by atoms with Gasteiger partial charge in [-0.25, -0.2) is 0 Å². The number of aryl methyl sites for hydroxylation is 1. The SMILES string of the molecule is Cn1cc(C2=C(NCCc3ccccc3)CCCC2)c2cc(CC(N)=O)ccc21. The minimum Gasteiger partial charge on any atom is -0.388 e. The zero-order valence-corrected chi connectivity index (χ0v) is 17.1. The molecular formula is C25H29N3O. The van der Waals surface area contributed by atoms with Crippen molar-refractivity contribution < 1.29 is 4.79 Å². The van der Waals surface area contributed by atoms with Crippen molar-refractivity contribution in [2.24, 2.45) is 12.8 Å². The van der Waals surface area contributed by atoms with E-state index in [4.69, 9.17) is 5.73 Å². The first-order valence-corrected chi connectivity index (χ1v) is 10.5. The van der Waals surface area contributed by atoms with Gasteiger partial charge in [0.25, 0.3) is 0 Å². The van der Waals surface area contributed by atoms with Crippen LogP contribution in [0.4, 0.5) is 0 Å². The predicted octanol–water partition coefficient (Wildman–Crippen LogP) is 4.32. The number of nitrogens with two attached hydrogens (primary N) is 1. The lowest BCUT2D eigenvalue weighted by molar-refractivity contribution is -0.117. The number of hydrogen-bond donors (Lipinski definition) is 2. The molecule has 0 unspecified atom stereocenters. The number of hydrogen-bond acceptors (Lipinski definition) is 2. The van der Waals surface area contributed by atoms with Gasteiger partial charge in [0, 0.05) is 42.0 Å². The molecule has 1 heterocycles. The average Bonchev–Trinajstić information content (AvgIpc) is 3.04. The van der Waals surface area contributed by atoms with E-state index in [0.29, 0.717) is 0 Å². The molecule has 0 aliphatic heterocycles. The molecule has 1 amide bonds. The molecule has 1 aromatic heterocycles. The number of nitrogens with zero attached hydrogens (tertiary/aromatic N) is 1. The second kappa shape index (κ2) is 8.56. The van der Waals surface area contributed by atoms with Crippen LogP contribution in [0, 0.1) is 0 Å². The summed E-state index contributed by atoms with van der Waals surface area (Å²) in [5.74, 6) is -0.290. The van der Waals surface area contributed by atoms with Crippen LogP contribution in [0.1, 0.15) is 42.4 Å². The molecule has 2 aromatic carbocycles. The van der Waals surface area contributed by atoms with Gasteiger partial charge < -0.3 is 15.6 Å². The number of benzene rings is 2. The Labute approximate surface area is 172 Å². The molecule has 0 spiro atoms. The maximum Gasteiger partial charge on any atom is 0.221 e. The molecule has 29 heavy (non-hydrogen) atoms. The largest absolute Gasteiger partial charge is 0.388 e. The second-order valence-corrected chi connectivity index (χ2v) is 7.97. The Bertz CT molecular complexity index is 1050. The topological polar surface area (TPSA) is 60.1 Å². The van der Waals surface area contributed by atoms with E-state index in [1.165, 1.54) is 46.1 Å². The summed E-state index contributed by atoms with van der Waals surface area (Å²) in [6, 6.07) is 16.9. The number of carbonyl (C=O) groups excluding carboxylic acids is 1. The summed E-state index contributed by atoms with van der Waals surface area (Å²) >= 11 is 0. The lowest BCUT2D eigenvalue weighted by atomic mass is 9.90. The van der Waals surface area contributed by atoms with E-state index >= 15 is 0 Å². The van der Waals surface area contributed by atoms with E-state index in [2.05, 4.69) is 65.6 Å². The zero-order valence-electron chi connectivity index (χ0n) is 17.1. The van der Waals surface area contributed by atoms with Crippen molar-refractivity contribution in [1.82, 2.24) is 9.88 Å². The van der Waals surface area contributed by atoms with Crippen molar-refractivity contribution in [3.8, 4) is 0 Å². The molecule has 0 bridgehead atoms. The van der Waals surface area contributed by atoms with Gasteiger partial charge in [0.2, 0.25) is 5.91 Å². The Hall–Kier alpha value is -3.01. The van der Waals surface area contributed by atoms with Gasteiger partial charge in [-0.3, -0.25) is 4.79 Å². The third-order valence-corrected chi connectivity index (χ3v) is 5.82. The fourth-order valence-corrected chi connectivity index (χ4v) is 4.39. The third kappa shape index (κ3) is 4.37. The zero-order chi connectivity index (χ0) is 20.2. The molecule has 4 heteroatoms. The summed E-state index contributed by atoms with van der Waals surface area (Å²) in [6.07, 6.45) is 8.18. The fraction of sp³-hybridized carbons (Fsp3) is 0.320. The maximum absolute atomic E-state index is 11.4. The number of rotatable bonds is 7. The first-order valence-electron chi connectivity index (χ1n) is 10.5. The van der Waals surface area contributed by atoms with Crippen molar-refractivity contribution >= 4 is 22.4 Å². The summed E-state index contributed by atoms with van der Waals surface area (Å²) in [4.78, 5) is 11.4. The van der Waals surface area contributed by atoms with Gasteiger partial charge in [-0.15, -0.1) is 0 Å². The molecule has 0 fully saturated rings. The molecule has 0 saturated carbocycles. The van der Waals surface area contributed by atoms with Crippen molar-refractivity contribution in [1.29, 1.82) is 0 Å². The van der Waals surface area contributed by atoms with E-state index in [9.17, 15) is 4.79 Å². The Kier molecular flexibility index (Phi) is 5.70. The first kappa shape index (κ1) is 19.3. The smallest absolute Gasteiger partial charge is 0.221 e. The highest BCUT2D eigenvalue weighted by Gasteiger charge is 2.19. The molecule has 0 atom stereocenters. The molecule has 4 rings (SSSR count). The quantitative estimate of drug-likeness (QED) is 0.634. The summed E-state index contributed by atoms with van der Waals surface area (Å²) in [6.45, 7) is 0.945. The lowest BCUT2D eigenvalue weighted by Gasteiger charge is -2.22. The molecule has 150 valence electrons. The van der Waals surface area contributed by atoms with Crippen molar-refractivity contribution in [3.63, 3.8) is 0 Å². The van der Waals surface area contributed by atoms with Crippen LogP contribution in [0.2, 0.25) is 0 Å². The number of nitrogens with one attached hydrogen (secondary N) is 1. The first-order chi connectivity index (χ1) is 14.1. The number of fused-ring (bicyclic) bond motifs is 1.